The fraction of sp³-hybridized carbons (Fsp3) is 0.481. The molecule has 2 saturated heterocycles. The molecule has 4 heterocycles. The third-order valence-electron chi connectivity index (χ3n) is 7.40. The molecule has 1 unspecified atom stereocenters. The third kappa shape index (κ3) is 4.82. The van der Waals surface area contributed by atoms with Gasteiger partial charge in [-0.2, -0.15) is 5.10 Å². The van der Waals surface area contributed by atoms with Crippen LogP contribution in [-0.4, -0.2) is 56.8 Å². The Morgan fingerprint density at radius 2 is 1.76 bits per heavy atom. The minimum Gasteiger partial charge on any atom is -0.343 e. The lowest BCUT2D eigenvalue weighted by molar-refractivity contribution is 0.216. The van der Waals surface area contributed by atoms with Crippen molar-refractivity contribution in [2.24, 2.45) is 7.05 Å². The number of nitrogens with one attached hydrogen (secondary N) is 1. The van der Waals surface area contributed by atoms with Crippen molar-refractivity contribution < 1.29 is 0 Å². The summed E-state index contributed by atoms with van der Waals surface area (Å²) in [5, 5.41) is 10.4. The van der Waals surface area contributed by atoms with Gasteiger partial charge in [-0.25, -0.2) is 4.98 Å². The van der Waals surface area contributed by atoms with Crippen LogP contribution < -0.4 is 5.32 Å². The summed E-state index contributed by atoms with van der Waals surface area (Å²) in [4.78, 5) is 9.69. The average molecular weight is 445 g/mol. The third-order valence-corrected chi connectivity index (χ3v) is 7.40. The van der Waals surface area contributed by atoms with Gasteiger partial charge in [0, 0.05) is 42.5 Å². The van der Waals surface area contributed by atoms with E-state index in [1.54, 1.807) is 0 Å². The summed E-state index contributed by atoms with van der Waals surface area (Å²) in [5.74, 6) is 0.857. The second-order valence-corrected chi connectivity index (χ2v) is 9.67. The van der Waals surface area contributed by atoms with E-state index in [1.165, 1.54) is 67.4 Å². The molecule has 6 heteroatoms. The van der Waals surface area contributed by atoms with E-state index in [1.807, 2.05) is 17.1 Å². The Morgan fingerprint density at radius 3 is 2.55 bits per heavy atom. The van der Waals surface area contributed by atoms with Gasteiger partial charge in [0.15, 0.2) is 0 Å². The number of likely N-dealkylation sites (tertiary alicyclic amines) is 2. The van der Waals surface area contributed by atoms with Gasteiger partial charge in [0.2, 0.25) is 0 Å². The van der Waals surface area contributed by atoms with Crippen molar-refractivity contribution >= 4 is 16.6 Å². The maximum atomic E-state index is 4.64. The highest BCUT2D eigenvalue weighted by molar-refractivity contribution is 5.88. The van der Waals surface area contributed by atoms with E-state index in [2.05, 4.69) is 70.0 Å². The van der Waals surface area contributed by atoms with E-state index in [0.29, 0.717) is 6.04 Å². The molecule has 2 aliphatic rings. The molecule has 0 spiro atoms. The Kier molecular flexibility index (Phi) is 6.47. The number of pyridine rings is 1. The Bertz CT molecular complexity index is 1120. The van der Waals surface area contributed by atoms with Crippen LogP contribution >= 0.6 is 0 Å². The van der Waals surface area contributed by atoms with E-state index in [-0.39, 0.29) is 0 Å². The van der Waals surface area contributed by atoms with E-state index in [9.17, 15) is 0 Å². The van der Waals surface area contributed by atoms with Gasteiger partial charge in [-0.1, -0.05) is 25.1 Å². The summed E-state index contributed by atoms with van der Waals surface area (Å²) in [6.07, 6.45) is 10.5. The van der Waals surface area contributed by atoms with E-state index in [0.717, 1.165) is 36.5 Å². The molecule has 6 nitrogen and oxygen atoms in total. The molecule has 2 fully saturated rings. The fourth-order valence-electron chi connectivity index (χ4n) is 5.22. The van der Waals surface area contributed by atoms with Gasteiger partial charge in [0.25, 0.3) is 0 Å². The Hall–Kier alpha value is -2.70. The number of nitrogens with zero attached hydrogens (tertiary/aromatic N) is 5. The standard InChI is InChI=1S/C27H36N6/c1-20(21(2)33-13-7-8-14-33)30-27-16-24-15-22(9-10-23(24)17-28-27)25-18-29-31(3)26(25)19-32-11-5-4-6-12-32/h9-10,15-18,21H,1,4-8,11-14,19H2,2-3H3,(H,28,30). The van der Waals surface area contributed by atoms with Crippen molar-refractivity contribution in [3.05, 3.63) is 54.6 Å². The molecule has 0 saturated carbocycles. The monoisotopic (exact) mass is 444 g/mol. The van der Waals surface area contributed by atoms with Crippen LogP contribution in [0.2, 0.25) is 0 Å². The van der Waals surface area contributed by atoms with Crippen LogP contribution in [0.25, 0.3) is 21.9 Å². The van der Waals surface area contributed by atoms with Crippen molar-refractivity contribution in [3.8, 4) is 11.1 Å². The Labute approximate surface area is 197 Å². The Morgan fingerprint density at radius 1 is 1.00 bits per heavy atom. The highest BCUT2D eigenvalue weighted by Crippen LogP contribution is 2.29. The molecule has 2 aromatic heterocycles. The lowest BCUT2D eigenvalue weighted by atomic mass is 10.0. The quantitative estimate of drug-likeness (QED) is 0.554. The maximum Gasteiger partial charge on any atom is 0.130 e. The molecule has 5 rings (SSSR count). The fourth-order valence-corrected chi connectivity index (χ4v) is 5.22. The largest absolute Gasteiger partial charge is 0.343 e. The Balaban J connectivity index is 1.37. The molecule has 0 aliphatic carbocycles. The van der Waals surface area contributed by atoms with Crippen LogP contribution in [0.4, 0.5) is 5.82 Å². The number of hydrogen-bond donors (Lipinski definition) is 1. The van der Waals surface area contributed by atoms with Crippen molar-refractivity contribution in [2.75, 3.05) is 31.5 Å². The summed E-state index contributed by atoms with van der Waals surface area (Å²) in [6, 6.07) is 9.08. The highest BCUT2D eigenvalue weighted by Gasteiger charge is 2.21. The van der Waals surface area contributed by atoms with Gasteiger partial charge in [0.05, 0.1) is 11.9 Å². The van der Waals surface area contributed by atoms with Crippen molar-refractivity contribution in [1.82, 2.24) is 24.6 Å². The molecule has 3 aromatic rings. The van der Waals surface area contributed by atoms with Crippen molar-refractivity contribution in [1.29, 1.82) is 0 Å². The second kappa shape index (κ2) is 9.65. The van der Waals surface area contributed by atoms with Crippen molar-refractivity contribution in [3.63, 3.8) is 0 Å². The number of rotatable bonds is 7. The van der Waals surface area contributed by atoms with Gasteiger partial charge >= 0.3 is 0 Å². The van der Waals surface area contributed by atoms with Crippen LogP contribution in [0, 0.1) is 0 Å². The molecule has 1 atom stereocenters. The van der Waals surface area contributed by atoms with Gasteiger partial charge in [-0.15, -0.1) is 0 Å². The lowest BCUT2D eigenvalue weighted by Gasteiger charge is -2.26. The number of piperidine rings is 1. The zero-order chi connectivity index (χ0) is 22.8. The average Bonchev–Trinajstić information content (AvgIpc) is 3.49. The number of anilines is 1. The summed E-state index contributed by atoms with van der Waals surface area (Å²) < 4.78 is 2.04. The van der Waals surface area contributed by atoms with Crippen LogP contribution in [0.3, 0.4) is 0 Å². The van der Waals surface area contributed by atoms with Crippen molar-refractivity contribution in [2.45, 2.75) is 51.6 Å². The molecular weight excluding hydrogens is 408 g/mol. The van der Waals surface area contributed by atoms with E-state index < -0.39 is 0 Å². The lowest BCUT2D eigenvalue weighted by Crippen LogP contribution is -2.33. The first-order valence-electron chi connectivity index (χ1n) is 12.4. The minimum absolute atomic E-state index is 0.309. The molecule has 1 aromatic carbocycles. The number of aryl methyl sites for hydroxylation is 1. The SMILES string of the molecule is C=C(Nc1cc2cc(-c3cnn(C)c3CN3CCCCC3)ccc2cn1)C(C)N1CCCC1. The van der Waals surface area contributed by atoms with E-state index in [4.69, 9.17) is 0 Å². The normalized spacial score (nSPS) is 18.6. The van der Waals surface area contributed by atoms with Gasteiger partial charge in [-0.05, 0) is 81.9 Å². The predicted octanol–water partition coefficient (Wildman–Crippen LogP) is 5.03. The molecule has 174 valence electrons. The number of benzene rings is 1. The molecule has 2 aliphatic heterocycles. The molecular formula is C27H36N6. The number of hydrogen-bond acceptors (Lipinski definition) is 5. The van der Waals surface area contributed by atoms with Gasteiger partial charge in [-0.3, -0.25) is 14.5 Å². The topological polar surface area (TPSA) is 49.2 Å². The first-order valence-corrected chi connectivity index (χ1v) is 12.4. The summed E-state index contributed by atoms with van der Waals surface area (Å²) in [6.45, 7) is 12.2. The first kappa shape index (κ1) is 22.1. The molecule has 0 bridgehead atoms. The minimum atomic E-state index is 0.309. The van der Waals surface area contributed by atoms with Crippen LogP contribution in [0.15, 0.2) is 48.9 Å². The molecule has 0 amide bonds. The number of aromatic nitrogens is 3. The van der Waals surface area contributed by atoms with Gasteiger partial charge < -0.3 is 5.32 Å². The second-order valence-electron chi connectivity index (χ2n) is 9.67. The maximum absolute atomic E-state index is 4.64. The molecule has 1 N–H and O–H groups in total. The zero-order valence-electron chi connectivity index (χ0n) is 20.1. The molecule has 0 radical (unpaired) electrons. The first-order chi connectivity index (χ1) is 16.1. The van der Waals surface area contributed by atoms with Crippen LogP contribution in [0.5, 0.6) is 0 Å². The summed E-state index contributed by atoms with van der Waals surface area (Å²) >= 11 is 0. The summed E-state index contributed by atoms with van der Waals surface area (Å²) in [5.41, 5.74) is 4.74. The van der Waals surface area contributed by atoms with Gasteiger partial charge in [0.1, 0.15) is 5.82 Å². The zero-order valence-corrected chi connectivity index (χ0v) is 20.1. The summed E-state index contributed by atoms with van der Waals surface area (Å²) in [7, 11) is 2.06. The van der Waals surface area contributed by atoms with E-state index >= 15 is 0 Å². The smallest absolute Gasteiger partial charge is 0.130 e. The molecule has 33 heavy (non-hydrogen) atoms. The van der Waals surface area contributed by atoms with Crippen LogP contribution in [0.1, 0.15) is 44.7 Å². The predicted molar refractivity (Wildman–Crippen MR) is 136 cm³/mol. The van der Waals surface area contributed by atoms with Crippen LogP contribution in [-0.2, 0) is 13.6 Å². The number of fused-ring (bicyclic) bond motifs is 1. The highest BCUT2D eigenvalue weighted by atomic mass is 15.3.